The first kappa shape index (κ1) is 6.05. The molecule has 1 aliphatic rings. The van der Waals surface area contributed by atoms with Gasteiger partial charge in [0.25, 0.3) is 0 Å². The van der Waals surface area contributed by atoms with E-state index in [1.807, 2.05) is 6.92 Å². The zero-order valence-corrected chi connectivity index (χ0v) is 5.24. The molecule has 1 rings (SSSR count). The highest BCUT2D eigenvalue weighted by molar-refractivity contribution is 4.87. The lowest BCUT2D eigenvalue weighted by Gasteiger charge is -2.04. The van der Waals surface area contributed by atoms with Crippen molar-refractivity contribution in [3.05, 3.63) is 6.10 Å². The molecule has 0 aromatic heterocycles. The van der Waals surface area contributed by atoms with Gasteiger partial charge in [-0.1, -0.05) is 0 Å². The van der Waals surface area contributed by atoms with Crippen LogP contribution >= 0.6 is 0 Å². The quantitative estimate of drug-likeness (QED) is 0.566. The summed E-state index contributed by atoms with van der Waals surface area (Å²) in [5, 5.41) is 3.20. The van der Waals surface area contributed by atoms with Gasteiger partial charge in [0.05, 0.1) is 0 Å². The van der Waals surface area contributed by atoms with E-state index in [4.69, 9.17) is 4.74 Å². The molecule has 0 saturated carbocycles. The van der Waals surface area contributed by atoms with E-state index in [1.165, 1.54) is 6.10 Å². The summed E-state index contributed by atoms with van der Waals surface area (Å²) in [7, 11) is 0. The average Bonchev–Trinajstić information content (AvgIpc) is 2.19. The zero-order chi connectivity index (χ0) is 5.82. The molecule has 0 amide bonds. The minimum absolute atomic E-state index is 0.816. The zero-order valence-electron chi connectivity index (χ0n) is 5.24. The molecule has 1 saturated heterocycles. The highest BCUT2D eigenvalue weighted by Gasteiger charge is 2.14. The minimum Gasteiger partial charge on any atom is -0.371 e. The summed E-state index contributed by atoms with van der Waals surface area (Å²) in [6.07, 6.45) is 2.32. The summed E-state index contributed by atoms with van der Waals surface area (Å²) in [6.45, 7) is 4.89. The standard InChI is InChI=1S/C6H12NO/c1-2-8-6-3-4-7-5-6/h7H,2-5H2,1H3. The first-order valence-corrected chi connectivity index (χ1v) is 3.11. The molecule has 0 atom stereocenters. The predicted molar refractivity (Wildman–Crippen MR) is 32.4 cm³/mol. The molecule has 47 valence electrons. The summed E-state index contributed by atoms with van der Waals surface area (Å²) >= 11 is 0. The molecule has 8 heavy (non-hydrogen) atoms. The number of ether oxygens (including phenoxy) is 1. The van der Waals surface area contributed by atoms with Gasteiger partial charge < -0.3 is 10.1 Å². The molecule has 2 heteroatoms. The smallest absolute Gasteiger partial charge is 0.112 e. The second-order valence-corrected chi connectivity index (χ2v) is 1.90. The van der Waals surface area contributed by atoms with E-state index in [-0.39, 0.29) is 0 Å². The van der Waals surface area contributed by atoms with Crippen LogP contribution in [0, 0.1) is 6.10 Å². The summed E-state index contributed by atoms with van der Waals surface area (Å²) in [5.74, 6) is 0. The van der Waals surface area contributed by atoms with Gasteiger partial charge in [-0.2, -0.15) is 0 Å². The van der Waals surface area contributed by atoms with Crippen molar-refractivity contribution in [2.75, 3.05) is 19.7 Å². The highest BCUT2D eigenvalue weighted by Crippen LogP contribution is 2.10. The van der Waals surface area contributed by atoms with Crippen molar-refractivity contribution >= 4 is 0 Å². The molecule has 0 aromatic carbocycles. The Morgan fingerprint density at radius 2 is 2.62 bits per heavy atom. The van der Waals surface area contributed by atoms with Crippen LogP contribution in [0.3, 0.4) is 0 Å². The molecule has 1 heterocycles. The average molecular weight is 114 g/mol. The number of nitrogens with one attached hydrogen (secondary N) is 1. The second-order valence-electron chi connectivity index (χ2n) is 1.90. The summed E-state index contributed by atoms with van der Waals surface area (Å²) < 4.78 is 5.26. The van der Waals surface area contributed by atoms with Crippen molar-refractivity contribution in [1.29, 1.82) is 0 Å². The largest absolute Gasteiger partial charge is 0.371 e. The molecule has 1 aliphatic heterocycles. The first-order chi connectivity index (χ1) is 3.93. The lowest BCUT2D eigenvalue weighted by Crippen LogP contribution is -2.09. The van der Waals surface area contributed by atoms with Gasteiger partial charge in [-0.3, -0.25) is 0 Å². The molecule has 2 nitrogen and oxygen atoms in total. The van der Waals surface area contributed by atoms with Crippen LogP contribution in [0.4, 0.5) is 0 Å². The molecule has 0 unspecified atom stereocenters. The Hall–Kier alpha value is -0.0800. The summed E-state index contributed by atoms with van der Waals surface area (Å²) in [5.41, 5.74) is 0. The van der Waals surface area contributed by atoms with Crippen molar-refractivity contribution in [3.63, 3.8) is 0 Å². The van der Waals surface area contributed by atoms with Gasteiger partial charge in [0.1, 0.15) is 6.10 Å². The molecule has 0 aromatic rings. The van der Waals surface area contributed by atoms with Gasteiger partial charge in [0.15, 0.2) is 0 Å². The third-order valence-electron chi connectivity index (χ3n) is 1.25. The molecule has 0 bridgehead atoms. The van der Waals surface area contributed by atoms with E-state index in [2.05, 4.69) is 5.32 Å². The lowest BCUT2D eigenvalue weighted by molar-refractivity contribution is 0.160. The minimum atomic E-state index is 0.816. The molecule has 0 spiro atoms. The first-order valence-electron chi connectivity index (χ1n) is 3.11. The van der Waals surface area contributed by atoms with Crippen LogP contribution in [-0.4, -0.2) is 19.7 Å². The van der Waals surface area contributed by atoms with E-state index in [9.17, 15) is 0 Å². The Labute approximate surface area is 50.2 Å². The fourth-order valence-electron chi connectivity index (χ4n) is 0.871. The number of rotatable bonds is 2. The lowest BCUT2D eigenvalue weighted by atomic mass is 10.3. The van der Waals surface area contributed by atoms with Crippen molar-refractivity contribution in [2.24, 2.45) is 0 Å². The maximum Gasteiger partial charge on any atom is 0.112 e. The van der Waals surface area contributed by atoms with Crippen molar-refractivity contribution < 1.29 is 4.74 Å². The van der Waals surface area contributed by atoms with Gasteiger partial charge in [0, 0.05) is 13.2 Å². The molecule has 1 N–H and O–H groups in total. The van der Waals surface area contributed by atoms with Crippen LogP contribution in [0.25, 0.3) is 0 Å². The van der Waals surface area contributed by atoms with E-state index in [0.717, 1.165) is 26.1 Å². The Morgan fingerprint density at radius 3 is 3.12 bits per heavy atom. The van der Waals surface area contributed by atoms with E-state index >= 15 is 0 Å². The van der Waals surface area contributed by atoms with Gasteiger partial charge in [-0.25, -0.2) is 0 Å². The maximum atomic E-state index is 5.26. The van der Waals surface area contributed by atoms with Crippen LogP contribution in [0.1, 0.15) is 13.3 Å². The monoisotopic (exact) mass is 114 g/mol. The molecule has 0 aliphatic carbocycles. The van der Waals surface area contributed by atoms with Crippen molar-refractivity contribution in [2.45, 2.75) is 13.3 Å². The fourth-order valence-corrected chi connectivity index (χ4v) is 0.871. The third kappa shape index (κ3) is 1.46. The highest BCUT2D eigenvalue weighted by atomic mass is 16.5. The van der Waals surface area contributed by atoms with Gasteiger partial charge in [-0.15, -0.1) is 0 Å². The van der Waals surface area contributed by atoms with Crippen molar-refractivity contribution in [1.82, 2.24) is 5.32 Å². The Kier molecular flexibility index (Phi) is 2.30. The van der Waals surface area contributed by atoms with E-state index < -0.39 is 0 Å². The molecular weight excluding hydrogens is 102 g/mol. The summed E-state index contributed by atoms with van der Waals surface area (Å²) in [6, 6.07) is 0. The third-order valence-corrected chi connectivity index (χ3v) is 1.25. The van der Waals surface area contributed by atoms with Crippen molar-refractivity contribution in [3.8, 4) is 0 Å². The van der Waals surface area contributed by atoms with Gasteiger partial charge in [-0.05, 0) is 19.9 Å². The SMILES string of the molecule is CCO[C]1CCNC1. The van der Waals surface area contributed by atoms with Crippen LogP contribution in [0.15, 0.2) is 0 Å². The van der Waals surface area contributed by atoms with Gasteiger partial charge >= 0.3 is 0 Å². The topological polar surface area (TPSA) is 21.3 Å². The fraction of sp³-hybridized carbons (Fsp3) is 0.833. The van der Waals surface area contributed by atoms with Gasteiger partial charge in [0.2, 0.25) is 0 Å². The van der Waals surface area contributed by atoms with Crippen LogP contribution in [-0.2, 0) is 4.74 Å². The second kappa shape index (κ2) is 3.05. The number of hydrogen-bond acceptors (Lipinski definition) is 2. The normalized spacial score (nSPS) is 22.1. The Balaban J connectivity index is 2.06. The number of hydrogen-bond donors (Lipinski definition) is 1. The summed E-state index contributed by atoms with van der Waals surface area (Å²) in [4.78, 5) is 0. The molecular formula is C6H12NO. The Morgan fingerprint density at radius 1 is 1.75 bits per heavy atom. The predicted octanol–water partition coefficient (Wildman–Crippen LogP) is 0.548. The van der Waals surface area contributed by atoms with Crippen LogP contribution in [0.5, 0.6) is 0 Å². The van der Waals surface area contributed by atoms with E-state index in [0.29, 0.717) is 0 Å². The molecule has 1 radical (unpaired) electrons. The van der Waals surface area contributed by atoms with E-state index in [1.54, 1.807) is 0 Å². The Bertz CT molecular complexity index is 59.5. The molecule has 1 fully saturated rings. The maximum absolute atomic E-state index is 5.26. The van der Waals surface area contributed by atoms with Crippen LogP contribution in [0.2, 0.25) is 0 Å². The van der Waals surface area contributed by atoms with Crippen LogP contribution < -0.4 is 5.32 Å².